The maximum atomic E-state index is 11.6. The van der Waals surface area contributed by atoms with Crippen LogP contribution < -0.4 is 5.32 Å². The smallest absolute Gasteiger partial charge is 0.341 e. The molecule has 0 bridgehead atoms. The Morgan fingerprint density at radius 3 is 2.72 bits per heavy atom. The molecule has 0 aliphatic rings. The van der Waals surface area contributed by atoms with Crippen LogP contribution in [0.25, 0.3) is 0 Å². The summed E-state index contributed by atoms with van der Waals surface area (Å²) in [7, 11) is 0. The van der Waals surface area contributed by atoms with Gasteiger partial charge in [-0.2, -0.15) is 0 Å². The number of benzene rings is 1. The van der Waals surface area contributed by atoms with Crippen molar-refractivity contribution < 1.29 is 9.72 Å². The van der Waals surface area contributed by atoms with Crippen molar-refractivity contribution in [2.75, 3.05) is 0 Å². The first-order chi connectivity index (χ1) is 8.66. The molecule has 7 nitrogen and oxygen atoms in total. The average Bonchev–Trinajstić information content (AvgIpc) is 2.87. The molecule has 0 aliphatic heterocycles. The largest absolute Gasteiger partial charge is 0.358 e. The lowest BCUT2D eigenvalue weighted by Crippen LogP contribution is -2.23. The summed E-state index contributed by atoms with van der Waals surface area (Å²) in [6, 6.07) is 9.33. The van der Waals surface area contributed by atoms with Gasteiger partial charge in [0.15, 0.2) is 0 Å². The van der Waals surface area contributed by atoms with Crippen molar-refractivity contribution in [3.05, 3.63) is 58.0 Å². The fraction of sp³-hybridized carbons (Fsp3) is 0.0909. The molecular formula is C11H10N4O3. The summed E-state index contributed by atoms with van der Waals surface area (Å²) in [5.74, 6) is -0.857. The van der Waals surface area contributed by atoms with Gasteiger partial charge in [0, 0.05) is 6.54 Å². The van der Waals surface area contributed by atoms with Gasteiger partial charge in [-0.3, -0.25) is 4.79 Å². The minimum Gasteiger partial charge on any atom is -0.358 e. The number of carbonyl (C=O) groups is 1. The van der Waals surface area contributed by atoms with Crippen LogP contribution in [0.3, 0.4) is 0 Å². The highest BCUT2D eigenvalue weighted by atomic mass is 16.6. The van der Waals surface area contributed by atoms with E-state index in [1.165, 1.54) is 0 Å². The van der Waals surface area contributed by atoms with Gasteiger partial charge >= 0.3 is 11.7 Å². The lowest BCUT2D eigenvalue weighted by atomic mass is 10.2. The van der Waals surface area contributed by atoms with Crippen LogP contribution in [0, 0.1) is 10.1 Å². The third-order valence-electron chi connectivity index (χ3n) is 2.27. The molecule has 0 fully saturated rings. The van der Waals surface area contributed by atoms with E-state index in [4.69, 9.17) is 0 Å². The quantitative estimate of drug-likeness (QED) is 0.626. The molecule has 2 rings (SSSR count). The van der Waals surface area contributed by atoms with Crippen molar-refractivity contribution in [3.8, 4) is 0 Å². The number of nitro groups is 1. The topological polar surface area (TPSA) is 101 Å². The molecule has 18 heavy (non-hydrogen) atoms. The van der Waals surface area contributed by atoms with Crippen LogP contribution in [0.1, 0.15) is 16.2 Å². The van der Waals surface area contributed by atoms with Gasteiger partial charge in [0.25, 0.3) is 5.82 Å². The SMILES string of the molecule is O=C(NCc1ccccc1)c1ncc([N+](=O)[O-])[nH]1. The van der Waals surface area contributed by atoms with Crippen molar-refractivity contribution in [1.82, 2.24) is 15.3 Å². The Bertz CT molecular complexity index is 565. The number of aromatic nitrogens is 2. The molecule has 2 aromatic rings. The van der Waals surface area contributed by atoms with E-state index in [0.29, 0.717) is 6.54 Å². The van der Waals surface area contributed by atoms with Gasteiger partial charge in [-0.25, -0.2) is 9.97 Å². The second-order valence-electron chi connectivity index (χ2n) is 3.54. The normalized spacial score (nSPS) is 10.0. The summed E-state index contributed by atoms with van der Waals surface area (Å²) < 4.78 is 0. The van der Waals surface area contributed by atoms with E-state index in [-0.39, 0.29) is 11.6 Å². The fourth-order valence-corrected chi connectivity index (χ4v) is 1.38. The van der Waals surface area contributed by atoms with Crippen molar-refractivity contribution >= 4 is 11.7 Å². The highest BCUT2D eigenvalue weighted by molar-refractivity contribution is 5.90. The molecule has 0 aliphatic carbocycles. The van der Waals surface area contributed by atoms with Crippen LogP contribution in [0.5, 0.6) is 0 Å². The summed E-state index contributed by atoms with van der Waals surface area (Å²) in [5.41, 5.74) is 0.937. The first kappa shape index (κ1) is 11.8. The van der Waals surface area contributed by atoms with E-state index in [0.717, 1.165) is 11.8 Å². The molecule has 1 amide bonds. The number of nitrogens with zero attached hydrogens (tertiary/aromatic N) is 2. The first-order valence-corrected chi connectivity index (χ1v) is 5.18. The number of imidazole rings is 1. The number of carbonyl (C=O) groups excluding carboxylic acids is 1. The number of H-pyrrole nitrogens is 1. The highest BCUT2D eigenvalue weighted by Gasteiger charge is 2.16. The lowest BCUT2D eigenvalue weighted by molar-refractivity contribution is -0.389. The van der Waals surface area contributed by atoms with Crippen molar-refractivity contribution in [1.29, 1.82) is 0 Å². The third-order valence-corrected chi connectivity index (χ3v) is 2.27. The minimum atomic E-state index is -0.638. The van der Waals surface area contributed by atoms with E-state index in [1.54, 1.807) is 0 Å². The summed E-state index contributed by atoms with van der Waals surface area (Å²) in [5, 5.41) is 13.0. The summed E-state index contributed by atoms with van der Waals surface area (Å²) in [6.45, 7) is 0.341. The summed E-state index contributed by atoms with van der Waals surface area (Å²) in [4.78, 5) is 27.4. The van der Waals surface area contributed by atoms with Gasteiger partial charge in [0.1, 0.15) is 6.20 Å². The third kappa shape index (κ3) is 2.70. The van der Waals surface area contributed by atoms with Crippen LogP contribution >= 0.6 is 0 Å². The molecule has 0 radical (unpaired) electrons. The molecule has 1 aromatic carbocycles. The molecule has 0 atom stereocenters. The maximum Gasteiger partial charge on any atom is 0.341 e. The van der Waals surface area contributed by atoms with Gasteiger partial charge in [-0.15, -0.1) is 0 Å². The predicted molar refractivity (Wildman–Crippen MR) is 62.9 cm³/mol. The Morgan fingerprint density at radius 2 is 2.11 bits per heavy atom. The van der Waals surface area contributed by atoms with Crippen LogP contribution in [-0.4, -0.2) is 20.8 Å². The molecule has 1 heterocycles. The first-order valence-electron chi connectivity index (χ1n) is 5.18. The zero-order chi connectivity index (χ0) is 13.0. The predicted octanol–water partition coefficient (Wildman–Crippen LogP) is 1.25. The number of rotatable bonds is 4. The Morgan fingerprint density at radius 1 is 1.39 bits per heavy atom. The van der Waals surface area contributed by atoms with E-state index < -0.39 is 10.8 Å². The van der Waals surface area contributed by atoms with Gasteiger partial charge in [-0.1, -0.05) is 30.3 Å². The second-order valence-corrected chi connectivity index (χ2v) is 3.54. The molecule has 0 unspecified atom stereocenters. The molecule has 0 spiro atoms. The number of hydrogen-bond acceptors (Lipinski definition) is 4. The van der Waals surface area contributed by atoms with Gasteiger partial charge in [0.05, 0.1) is 0 Å². The highest BCUT2D eigenvalue weighted by Crippen LogP contribution is 2.06. The molecule has 0 saturated heterocycles. The van der Waals surface area contributed by atoms with E-state index in [2.05, 4.69) is 15.3 Å². The average molecular weight is 246 g/mol. The lowest BCUT2D eigenvalue weighted by Gasteiger charge is -2.01. The molecule has 0 saturated carbocycles. The number of aromatic amines is 1. The standard InChI is InChI=1S/C11H10N4O3/c16-11(10-12-7-9(14-10)15(17)18)13-6-8-4-2-1-3-5-8/h1-5,7H,6H2,(H,12,14)(H,13,16). The Hall–Kier alpha value is -2.70. The summed E-state index contributed by atoms with van der Waals surface area (Å²) in [6.07, 6.45) is 1.01. The fourth-order valence-electron chi connectivity index (χ4n) is 1.38. The summed E-state index contributed by atoms with van der Waals surface area (Å²) >= 11 is 0. The van der Waals surface area contributed by atoms with Crippen molar-refractivity contribution in [2.24, 2.45) is 0 Å². The second kappa shape index (κ2) is 5.09. The monoisotopic (exact) mass is 246 g/mol. The molecule has 1 aromatic heterocycles. The van der Waals surface area contributed by atoms with Crippen LogP contribution in [0.2, 0.25) is 0 Å². The van der Waals surface area contributed by atoms with E-state index in [1.807, 2.05) is 30.3 Å². The zero-order valence-electron chi connectivity index (χ0n) is 9.29. The number of hydrogen-bond donors (Lipinski definition) is 2. The van der Waals surface area contributed by atoms with Gasteiger partial charge in [-0.05, 0) is 10.5 Å². The Labute approximate surface area is 102 Å². The maximum absolute atomic E-state index is 11.6. The molecule has 7 heteroatoms. The molecular weight excluding hydrogens is 236 g/mol. The Kier molecular flexibility index (Phi) is 3.33. The Balaban J connectivity index is 1.97. The number of nitrogens with one attached hydrogen (secondary N) is 2. The van der Waals surface area contributed by atoms with E-state index in [9.17, 15) is 14.9 Å². The van der Waals surface area contributed by atoms with Gasteiger partial charge < -0.3 is 15.4 Å². The molecule has 92 valence electrons. The van der Waals surface area contributed by atoms with Crippen LogP contribution in [-0.2, 0) is 6.54 Å². The number of amides is 1. The van der Waals surface area contributed by atoms with E-state index >= 15 is 0 Å². The van der Waals surface area contributed by atoms with Crippen LogP contribution in [0.15, 0.2) is 36.5 Å². The molecule has 2 N–H and O–H groups in total. The minimum absolute atomic E-state index is 0.0716. The van der Waals surface area contributed by atoms with Gasteiger partial charge in [0.2, 0.25) is 0 Å². The zero-order valence-corrected chi connectivity index (χ0v) is 9.29. The van der Waals surface area contributed by atoms with Crippen molar-refractivity contribution in [2.45, 2.75) is 6.54 Å². The van der Waals surface area contributed by atoms with Crippen LogP contribution in [0.4, 0.5) is 5.82 Å². The van der Waals surface area contributed by atoms with Crippen molar-refractivity contribution in [3.63, 3.8) is 0 Å².